The summed E-state index contributed by atoms with van der Waals surface area (Å²) in [6, 6.07) is 12.0. The topological polar surface area (TPSA) is 56.8 Å². The fraction of sp³-hybridized carbons (Fsp3) is 0.292. The van der Waals surface area contributed by atoms with Crippen molar-refractivity contribution in [2.45, 2.75) is 32.9 Å². The Morgan fingerprint density at radius 3 is 2.52 bits per heavy atom. The van der Waals surface area contributed by atoms with Crippen LogP contribution in [0.15, 0.2) is 48.7 Å². The van der Waals surface area contributed by atoms with Crippen LogP contribution in [0.25, 0.3) is 5.57 Å². The van der Waals surface area contributed by atoms with E-state index in [0.717, 1.165) is 17.4 Å². The second-order valence-electron chi connectivity index (χ2n) is 6.85. The summed E-state index contributed by atoms with van der Waals surface area (Å²) < 4.78 is 40.1. The molecule has 0 radical (unpaired) electrons. The van der Waals surface area contributed by atoms with E-state index in [-0.39, 0.29) is 18.2 Å². The zero-order chi connectivity index (χ0) is 22.8. The number of alkyl halides is 2. The summed E-state index contributed by atoms with van der Waals surface area (Å²) in [6.45, 7) is 0.806. The maximum Gasteiger partial charge on any atom is 0.386 e. The van der Waals surface area contributed by atoms with Crippen LogP contribution in [0.4, 0.5) is 8.78 Å². The minimum atomic E-state index is -3.02. The molecule has 2 aromatic rings. The molecule has 0 saturated heterocycles. The van der Waals surface area contributed by atoms with Crippen LogP contribution >= 0.6 is 0 Å². The van der Waals surface area contributed by atoms with E-state index in [2.05, 4.69) is 16.0 Å². The molecule has 31 heavy (non-hydrogen) atoms. The van der Waals surface area contributed by atoms with Gasteiger partial charge in [-0.2, -0.15) is 8.78 Å². The normalized spacial score (nSPS) is 12.1. The predicted molar refractivity (Wildman–Crippen MR) is 115 cm³/mol. The summed E-state index contributed by atoms with van der Waals surface area (Å²) in [4.78, 5) is 12.8. The summed E-state index contributed by atoms with van der Waals surface area (Å²) >= 11 is 0. The first kappa shape index (κ1) is 23.7. The summed E-state index contributed by atoms with van der Waals surface area (Å²) in [7, 11) is 1.52. The number of hydrogen-bond acceptors (Lipinski definition) is 4. The van der Waals surface area contributed by atoms with Crippen molar-refractivity contribution in [3.05, 3.63) is 65.4 Å². The third-order valence-electron chi connectivity index (χ3n) is 4.35. The Bertz CT molecular complexity index is 949. The second-order valence-corrected chi connectivity index (χ2v) is 6.85. The summed E-state index contributed by atoms with van der Waals surface area (Å²) in [5, 5.41) is 2.82. The number of nitrogens with one attached hydrogen (secondary N) is 1. The van der Waals surface area contributed by atoms with Gasteiger partial charge in [0.1, 0.15) is 12.9 Å². The van der Waals surface area contributed by atoms with Crippen LogP contribution in [-0.2, 0) is 16.0 Å². The third-order valence-corrected chi connectivity index (χ3v) is 4.35. The minimum Gasteiger partial charge on any atom is -0.493 e. The van der Waals surface area contributed by atoms with Gasteiger partial charge in [0, 0.05) is 6.04 Å². The average Bonchev–Trinajstić information content (AvgIpc) is 2.73. The number of benzene rings is 2. The number of methoxy groups -OCH3 is 1. The molecule has 0 aliphatic carbocycles. The van der Waals surface area contributed by atoms with E-state index in [4.69, 9.17) is 15.9 Å². The van der Waals surface area contributed by atoms with Gasteiger partial charge in [0.2, 0.25) is 0 Å². The van der Waals surface area contributed by atoms with Crippen molar-refractivity contribution in [2.75, 3.05) is 13.7 Å². The standard InChI is InChI=1S/C24H25F2NO4/c1-5-12-30-21-11-8-18(14-22(21)29-4)13-17(3)27-23(28)20(15-31-24(25)26)19-9-6-16(2)7-10-19/h1,6-11,14-15,17,24H,12-13H2,2-4H3,(H,27,28)/b20-15+. The number of terminal acetylenes is 1. The summed E-state index contributed by atoms with van der Waals surface area (Å²) in [5.74, 6) is 2.92. The molecule has 5 nitrogen and oxygen atoms in total. The predicted octanol–water partition coefficient (Wildman–Crippen LogP) is 4.34. The quantitative estimate of drug-likeness (QED) is 0.347. The van der Waals surface area contributed by atoms with E-state index < -0.39 is 12.5 Å². The van der Waals surface area contributed by atoms with Crippen molar-refractivity contribution in [1.82, 2.24) is 5.32 Å². The van der Waals surface area contributed by atoms with Gasteiger partial charge in [-0.25, -0.2) is 0 Å². The molecular formula is C24H25F2NO4. The summed E-state index contributed by atoms with van der Waals surface area (Å²) in [6.07, 6.45) is 6.48. The number of carbonyl (C=O) groups excluding carboxylic acids is 1. The molecule has 0 bridgehead atoms. The van der Waals surface area contributed by atoms with Crippen molar-refractivity contribution in [2.24, 2.45) is 0 Å². The second kappa shape index (κ2) is 11.6. The van der Waals surface area contributed by atoms with E-state index in [0.29, 0.717) is 23.5 Å². The highest BCUT2D eigenvalue weighted by Gasteiger charge is 2.17. The molecule has 1 N–H and O–H groups in total. The number of aryl methyl sites for hydroxylation is 1. The Morgan fingerprint density at radius 1 is 1.19 bits per heavy atom. The molecule has 164 valence electrons. The van der Waals surface area contributed by atoms with Gasteiger partial charge in [0.15, 0.2) is 11.5 Å². The molecule has 2 rings (SSSR count). The highest BCUT2D eigenvalue weighted by atomic mass is 19.3. The van der Waals surface area contributed by atoms with Crippen LogP contribution in [-0.4, -0.2) is 32.3 Å². The number of carbonyl (C=O) groups is 1. The average molecular weight is 429 g/mol. The van der Waals surface area contributed by atoms with Gasteiger partial charge in [-0.1, -0.05) is 41.8 Å². The van der Waals surface area contributed by atoms with E-state index >= 15 is 0 Å². The molecule has 1 atom stereocenters. The minimum absolute atomic E-state index is 0.0164. The van der Waals surface area contributed by atoms with Crippen LogP contribution in [0.1, 0.15) is 23.6 Å². The largest absolute Gasteiger partial charge is 0.493 e. The zero-order valence-electron chi connectivity index (χ0n) is 17.7. The van der Waals surface area contributed by atoms with Crippen molar-refractivity contribution in [3.8, 4) is 23.8 Å². The van der Waals surface area contributed by atoms with Crippen molar-refractivity contribution < 1.29 is 27.8 Å². The van der Waals surface area contributed by atoms with Crippen molar-refractivity contribution in [3.63, 3.8) is 0 Å². The van der Waals surface area contributed by atoms with Crippen LogP contribution in [0, 0.1) is 19.3 Å². The molecule has 0 fully saturated rings. The van der Waals surface area contributed by atoms with E-state index in [1.807, 2.05) is 19.9 Å². The maximum absolute atomic E-state index is 12.8. The lowest BCUT2D eigenvalue weighted by Crippen LogP contribution is -2.34. The lowest BCUT2D eigenvalue weighted by Gasteiger charge is -2.17. The third kappa shape index (κ3) is 7.34. The zero-order valence-corrected chi connectivity index (χ0v) is 17.7. The molecule has 0 heterocycles. The summed E-state index contributed by atoms with van der Waals surface area (Å²) in [5.41, 5.74) is 2.37. The Balaban J connectivity index is 2.12. The molecule has 0 spiro atoms. The lowest BCUT2D eigenvalue weighted by atomic mass is 10.0. The van der Waals surface area contributed by atoms with E-state index in [1.165, 1.54) is 7.11 Å². The monoisotopic (exact) mass is 429 g/mol. The molecule has 2 aromatic carbocycles. The smallest absolute Gasteiger partial charge is 0.386 e. The van der Waals surface area contributed by atoms with Gasteiger partial charge in [-0.3, -0.25) is 4.79 Å². The first-order valence-corrected chi connectivity index (χ1v) is 9.59. The van der Waals surface area contributed by atoms with E-state index in [9.17, 15) is 13.6 Å². The van der Waals surface area contributed by atoms with Crippen LogP contribution < -0.4 is 14.8 Å². The SMILES string of the molecule is C#CCOc1ccc(CC(C)NC(=O)/C(=C/OC(F)F)c2ccc(C)cc2)cc1OC. The van der Waals surface area contributed by atoms with Crippen LogP contribution in [0.5, 0.6) is 11.5 Å². The first-order valence-electron chi connectivity index (χ1n) is 9.59. The van der Waals surface area contributed by atoms with Gasteiger partial charge in [-0.05, 0) is 43.5 Å². The highest BCUT2D eigenvalue weighted by Crippen LogP contribution is 2.28. The lowest BCUT2D eigenvalue weighted by molar-refractivity contribution is -0.116. The first-order chi connectivity index (χ1) is 14.8. The van der Waals surface area contributed by atoms with Gasteiger partial charge >= 0.3 is 6.61 Å². The molecule has 0 saturated carbocycles. The van der Waals surface area contributed by atoms with Crippen molar-refractivity contribution in [1.29, 1.82) is 0 Å². The highest BCUT2D eigenvalue weighted by molar-refractivity contribution is 6.19. The number of halogens is 2. The Kier molecular flexibility index (Phi) is 8.89. The number of hydrogen-bond donors (Lipinski definition) is 1. The Labute approximate surface area is 181 Å². The van der Waals surface area contributed by atoms with E-state index in [1.54, 1.807) is 36.4 Å². The molecule has 1 amide bonds. The van der Waals surface area contributed by atoms with Gasteiger partial charge < -0.3 is 19.5 Å². The number of ether oxygens (including phenoxy) is 3. The van der Waals surface area contributed by atoms with Gasteiger partial charge in [0.05, 0.1) is 12.7 Å². The number of amides is 1. The Morgan fingerprint density at radius 2 is 1.90 bits per heavy atom. The molecule has 0 aliphatic heterocycles. The fourth-order valence-corrected chi connectivity index (χ4v) is 2.89. The van der Waals surface area contributed by atoms with Gasteiger partial charge in [0.25, 0.3) is 5.91 Å². The molecule has 0 aliphatic rings. The number of rotatable bonds is 10. The maximum atomic E-state index is 12.8. The molecule has 0 aromatic heterocycles. The molecule has 7 heteroatoms. The van der Waals surface area contributed by atoms with Gasteiger partial charge in [-0.15, -0.1) is 6.42 Å². The van der Waals surface area contributed by atoms with Crippen LogP contribution in [0.3, 0.4) is 0 Å². The Hall–Kier alpha value is -3.53. The fourth-order valence-electron chi connectivity index (χ4n) is 2.89. The van der Waals surface area contributed by atoms with Crippen LogP contribution in [0.2, 0.25) is 0 Å². The molecular weight excluding hydrogens is 404 g/mol. The molecule has 1 unspecified atom stereocenters. The van der Waals surface area contributed by atoms with Crippen molar-refractivity contribution >= 4 is 11.5 Å².